The van der Waals surface area contributed by atoms with Gasteiger partial charge in [-0.15, -0.1) is 0 Å². The van der Waals surface area contributed by atoms with E-state index in [-0.39, 0.29) is 11.7 Å². The van der Waals surface area contributed by atoms with Gasteiger partial charge < -0.3 is 9.32 Å². The number of furan rings is 1. The molecule has 0 bridgehead atoms. The van der Waals surface area contributed by atoms with Crippen molar-refractivity contribution in [2.75, 3.05) is 24.5 Å². The number of carbonyl (C=O) groups is 1. The highest BCUT2D eigenvalue weighted by atomic mass is 79.9. The van der Waals surface area contributed by atoms with Gasteiger partial charge >= 0.3 is 0 Å². The van der Waals surface area contributed by atoms with Crippen molar-refractivity contribution in [3.63, 3.8) is 0 Å². The Morgan fingerprint density at radius 1 is 1.04 bits per heavy atom. The summed E-state index contributed by atoms with van der Waals surface area (Å²) in [6.45, 7) is 1.68. The number of sulfonamides is 1. The molecule has 4 rings (SSSR count). The fourth-order valence-corrected chi connectivity index (χ4v) is 5.44. The molecule has 2 aliphatic heterocycles. The number of benzene rings is 1. The third-order valence-electron chi connectivity index (χ3n) is 4.93. The van der Waals surface area contributed by atoms with Crippen molar-refractivity contribution in [1.29, 1.82) is 0 Å². The third-order valence-corrected chi connectivity index (χ3v) is 7.25. The number of rotatable bonds is 3. The average Bonchev–Trinajstić information content (AvgIpc) is 3.27. The van der Waals surface area contributed by atoms with E-state index in [9.17, 15) is 13.2 Å². The van der Waals surface area contributed by atoms with Gasteiger partial charge in [-0.3, -0.25) is 4.79 Å². The van der Waals surface area contributed by atoms with Crippen LogP contribution in [-0.4, -0.2) is 38.3 Å². The maximum Gasteiger partial charge on any atom is 0.294 e. The molecule has 8 heteroatoms. The van der Waals surface area contributed by atoms with Crippen molar-refractivity contribution in [2.45, 2.75) is 30.6 Å². The lowest BCUT2D eigenvalue weighted by molar-refractivity contribution is 0.0961. The Morgan fingerprint density at radius 2 is 1.81 bits per heavy atom. The highest BCUT2D eigenvalue weighted by molar-refractivity contribution is 9.10. The zero-order chi connectivity index (χ0) is 18.3. The molecule has 1 aromatic carbocycles. The van der Waals surface area contributed by atoms with Crippen LogP contribution < -0.4 is 4.90 Å². The van der Waals surface area contributed by atoms with Crippen molar-refractivity contribution in [1.82, 2.24) is 4.31 Å². The van der Waals surface area contributed by atoms with E-state index in [1.807, 2.05) is 0 Å². The molecular formula is C18H19BrN2O4S. The minimum atomic E-state index is -3.46. The van der Waals surface area contributed by atoms with E-state index in [1.165, 1.54) is 0 Å². The first kappa shape index (κ1) is 17.8. The van der Waals surface area contributed by atoms with Crippen LogP contribution in [0.25, 0.3) is 0 Å². The molecule has 3 heterocycles. The van der Waals surface area contributed by atoms with E-state index >= 15 is 0 Å². The Balaban J connectivity index is 1.61. The van der Waals surface area contributed by atoms with Gasteiger partial charge in [0.25, 0.3) is 5.91 Å². The van der Waals surface area contributed by atoms with Gasteiger partial charge in [0, 0.05) is 25.3 Å². The lowest BCUT2D eigenvalue weighted by Gasteiger charge is -2.26. The SMILES string of the molecule is O=C(c1ccc(Br)o1)N1CCc2cc(S(=O)(=O)N3CCCCC3)ccc21. The summed E-state index contributed by atoms with van der Waals surface area (Å²) in [5.41, 5.74) is 1.63. The van der Waals surface area contributed by atoms with Crippen molar-refractivity contribution >= 4 is 37.5 Å². The van der Waals surface area contributed by atoms with Gasteiger partial charge in [-0.2, -0.15) is 4.31 Å². The zero-order valence-corrected chi connectivity index (χ0v) is 16.6. The summed E-state index contributed by atoms with van der Waals surface area (Å²) in [6, 6.07) is 8.35. The van der Waals surface area contributed by atoms with Crippen LogP contribution in [0.5, 0.6) is 0 Å². The van der Waals surface area contributed by atoms with Gasteiger partial charge in [0.2, 0.25) is 10.0 Å². The van der Waals surface area contributed by atoms with Crippen molar-refractivity contribution in [2.24, 2.45) is 0 Å². The Kier molecular flexibility index (Phi) is 4.66. The molecule has 1 amide bonds. The molecule has 0 N–H and O–H groups in total. The normalized spacial score (nSPS) is 18.1. The molecule has 1 aromatic heterocycles. The minimum Gasteiger partial charge on any atom is -0.444 e. The molecule has 1 saturated heterocycles. The molecule has 1 fully saturated rings. The van der Waals surface area contributed by atoms with Gasteiger partial charge in [-0.05, 0) is 71.1 Å². The van der Waals surface area contributed by atoms with Crippen LogP contribution >= 0.6 is 15.9 Å². The minimum absolute atomic E-state index is 0.221. The molecule has 0 unspecified atom stereocenters. The van der Waals surface area contributed by atoms with Gasteiger partial charge in [0.15, 0.2) is 10.4 Å². The summed E-state index contributed by atoms with van der Waals surface area (Å²) < 4.78 is 33.1. The maximum atomic E-state index is 12.9. The Labute approximate surface area is 161 Å². The molecule has 0 atom stereocenters. The number of piperidine rings is 1. The average molecular weight is 439 g/mol. The summed E-state index contributed by atoms with van der Waals surface area (Å²) in [5.74, 6) is 0.0378. The van der Waals surface area contributed by atoms with Crippen molar-refractivity contribution < 1.29 is 17.6 Å². The molecule has 0 aliphatic carbocycles. The predicted octanol–water partition coefficient (Wildman–Crippen LogP) is 3.42. The topological polar surface area (TPSA) is 70.8 Å². The predicted molar refractivity (Wildman–Crippen MR) is 101 cm³/mol. The van der Waals surface area contributed by atoms with Crippen LogP contribution in [-0.2, 0) is 16.4 Å². The van der Waals surface area contributed by atoms with Crippen LogP contribution in [0.4, 0.5) is 5.69 Å². The quantitative estimate of drug-likeness (QED) is 0.735. The number of carbonyl (C=O) groups excluding carboxylic acids is 1. The first-order chi connectivity index (χ1) is 12.5. The number of halogens is 1. The maximum absolute atomic E-state index is 12.9. The molecule has 138 valence electrons. The van der Waals surface area contributed by atoms with E-state index < -0.39 is 10.0 Å². The highest BCUT2D eigenvalue weighted by Crippen LogP contribution is 2.33. The second-order valence-electron chi connectivity index (χ2n) is 6.57. The summed E-state index contributed by atoms with van der Waals surface area (Å²) in [6.07, 6.45) is 3.53. The Hall–Kier alpha value is -1.64. The fraction of sp³-hybridized carbons (Fsp3) is 0.389. The monoisotopic (exact) mass is 438 g/mol. The lowest BCUT2D eigenvalue weighted by Crippen LogP contribution is -2.35. The summed E-state index contributed by atoms with van der Waals surface area (Å²) in [7, 11) is -3.46. The molecule has 2 aromatic rings. The molecule has 0 spiro atoms. The van der Waals surface area contributed by atoms with E-state index in [0.717, 1.165) is 30.5 Å². The summed E-state index contributed by atoms with van der Waals surface area (Å²) >= 11 is 3.20. The number of anilines is 1. The van der Waals surface area contributed by atoms with E-state index in [4.69, 9.17) is 4.42 Å². The number of hydrogen-bond donors (Lipinski definition) is 0. The van der Waals surface area contributed by atoms with Gasteiger partial charge in [0.1, 0.15) is 0 Å². The molecule has 2 aliphatic rings. The van der Waals surface area contributed by atoms with Gasteiger partial charge in [-0.1, -0.05) is 6.42 Å². The first-order valence-electron chi connectivity index (χ1n) is 8.67. The molecule has 26 heavy (non-hydrogen) atoms. The number of nitrogens with zero attached hydrogens (tertiary/aromatic N) is 2. The van der Waals surface area contributed by atoms with Crippen LogP contribution in [0.2, 0.25) is 0 Å². The molecular weight excluding hydrogens is 420 g/mol. The smallest absolute Gasteiger partial charge is 0.294 e. The highest BCUT2D eigenvalue weighted by Gasteiger charge is 2.31. The zero-order valence-electron chi connectivity index (χ0n) is 14.2. The molecule has 0 radical (unpaired) electrons. The Bertz CT molecular complexity index is 948. The van der Waals surface area contributed by atoms with Crippen LogP contribution in [0.1, 0.15) is 35.4 Å². The van der Waals surface area contributed by atoms with Crippen molar-refractivity contribution in [3.05, 3.63) is 46.3 Å². The first-order valence-corrected chi connectivity index (χ1v) is 10.9. The van der Waals surface area contributed by atoms with E-state index in [1.54, 1.807) is 39.5 Å². The lowest BCUT2D eigenvalue weighted by atomic mass is 10.2. The summed E-state index contributed by atoms with van der Waals surface area (Å²) in [4.78, 5) is 14.6. The third kappa shape index (κ3) is 3.10. The van der Waals surface area contributed by atoms with Gasteiger partial charge in [-0.25, -0.2) is 8.42 Å². The molecule has 6 nitrogen and oxygen atoms in total. The molecule has 0 saturated carbocycles. The number of fused-ring (bicyclic) bond motifs is 1. The van der Waals surface area contributed by atoms with Crippen LogP contribution in [0.3, 0.4) is 0 Å². The fourth-order valence-electron chi connectivity index (χ4n) is 3.57. The van der Waals surface area contributed by atoms with Crippen LogP contribution in [0.15, 0.2) is 44.3 Å². The summed E-state index contributed by atoms with van der Waals surface area (Å²) in [5, 5.41) is 0. The van der Waals surface area contributed by atoms with E-state index in [2.05, 4.69) is 15.9 Å². The largest absolute Gasteiger partial charge is 0.444 e. The van der Waals surface area contributed by atoms with E-state index in [0.29, 0.717) is 35.6 Å². The second kappa shape index (κ2) is 6.83. The second-order valence-corrected chi connectivity index (χ2v) is 9.29. The Morgan fingerprint density at radius 3 is 2.50 bits per heavy atom. The standard InChI is InChI=1S/C18H19BrN2O4S/c19-17-7-6-16(25-17)18(22)21-11-8-13-12-14(4-5-15(13)21)26(23,24)20-9-2-1-3-10-20/h4-7,12H,1-3,8-11H2. The van der Waals surface area contributed by atoms with Crippen LogP contribution in [0, 0.1) is 0 Å². The van der Waals surface area contributed by atoms with Gasteiger partial charge in [0.05, 0.1) is 4.90 Å². The number of hydrogen-bond acceptors (Lipinski definition) is 4. The number of amides is 1. The van der Waals surface area contributed by atoms with Crippen molar-refractivity contribution in [3.8, 4) is 0 Å².